The lowest BCUT2D eigenvalue weighted by molar-refractivity contribution is 0.1000. The van der Waals surface area contributed by atoms with Crippen molar-refractivity contribution in [3.8, 4) is 17.6 Å². The Morgan fingerprint density at radius 3 is 2.56 bits per heavy atom. The molecule has 0 bridgehead atoms. The number of aromatic nitrogens is 1. The summed E-state index contributed by atoms with van der Waals surface area (Å²) in [5.41, 5.74) is 8.55. The number of aromatic hydroxyl groups is 1. The summed E-state index contributed by atoms with van der Waals surface area (Å²) in [5, 5.41) is 26.1. The second-order valence-electron chi connectivity index (χ2n) is 6.92. The summed E-state index contributed by atoms with van der Waals surface area (Å²) in [6, 6.07) is 21.8. The van der Waals surface area contributed by atoms with Gasteiger partial charge >= 0.3 is 0 Å². The number of fused-ring (bicyclic) bond motifs is 1. The fraction of sp³-hybridized carbons (Fsp3) is 0.0800. The number of hydrogen-bond acceptors (Lipinski definition) is 5. The van der Waals surface area contributed by atoms with Crippen LogP contribution in [0.5, 0.6) is 11.5 Å². The fourth-order valence-electron chi connectivity index (χ4n) is 3.22. The van der Waals surface area contributed by atoms with Crippen LogP contribution < -0.4 is 10.5 Å². The molecule has 1 heterocycles. The normalized spacial score (nSPS) is 10.0. The average molecular weight is 426 g/mol. The molecule has 1 aromatic heterocycles. The van der Waals surface area contributed by atoms with Crippen molar-refractivity contribution in [3.05, 3.63) is 95.2 Å². The van der Waals surface area contributed by atoms with Gasteiger partial charge in [-0.3, -0.25) is 4.79 Å². The Kier molecular flexibility index (Phi) is 6.88. The highest BCUT2D eigenvalue weighted by atomic mass is 16.5. The molecule has 0 fully saturated rings. The van der Waals surface area contributed by atoms with Crippen molar-refractivity contribution in [1.29, 1.82) is 10.7 Å². The zero-order chi connectivity index (χ0) is 23.1. The number of rotatable bonds is 5. The van der Waals surface area contributed by atoms with Gasteiger partial charge in [-0.15, -0.1) is 0 Å². The zero-order valence-corrected chi connectivity index (χ0v) is 17.4. The molecule has 0 spiro atoms. The van der Waals surface area contributed by atoms with E-state index in [1.54, 1.807) is 13.2 Å². The Labute approximate surface area is 185 Å². The van der Waals surface area contributed by atoms with Gasteiger partial charge in [0.05, 0.1) is 12.7 Å². The maximum Gasteiger partial charge on any atom is 0.248 e. The van der Waals surface area contributed by atoms with Crippen LogP contribution in [0.4, 0.5) is 0 Å². The molecule has 4 aromatic rings. The lowest BCUT2D eigenvalue weighted by Gasteiger charge is -2.07. The first-order valence-corrected chi connectivity index (χ1v) is 9.71. The number of nitrogens with one attached hydrogen (secondary N) is 1. The summed E-state index contributed by atoms with van der Waals surface area (Å²) < 4.78 is 7.37. The average Bonchev–Trinajstić information content (AvgIpc) is 3.23. The quantitative estimate of drug-likeness (QED) is 0.416. The topological polar surface area (TPSA) is 125 Å². The Morgan fingerprint density at radius 1 is 1.19 bits per heavy atom. The smallest absolute Gasteiger partial charge is 0.248 e. The Hall–Kier alpha value is -4.57. The number of phenols is 1. The SMILES string of the molecule is COc1ccc(Cn2ccc3c(C=N)cccc32)cc1.N#Cc1cc(C(N)=O)ccc1O. The van der Waals surface area contributed by atoms with Crippen molar-refractivity contribution in [1.82, 2.24) is 4.57 Å². The van der Waals surface area contributed by atoms with Gasteiger partial charge in [-0.05, 0) is 48.0 Å². The fourth-order valence-corrected chi connectivity index (χ4v) is 3.22. The molecule has 0 unspecified atom stereocenters. The molecule has 32 heavy (non-hydrogen) atoms. The van der Waals surface area contributed by atoms with Crippen molar-refractivity contribution in [2.24, 2.45) is 5.73 Å². The molecule has 7 nitrogen and oxygen atoms in total. The third-order valence-corrected chi connectivity index (χ3v) is 4.92. The van der Waals surface area contributed by atoms with Gasteiger partial charge < -0.3 is 25.6 Å². The summed E-state index contributed by atoms with van der Waals surface area (Å²) in [4.78, 5) is 10.6. The van der Waals surface area contributed by atoms with E-state index in [9.17, 15) is 4.79 Å². The lowest BCUT2D eigenvalue weighted by Crippen LogP contribution is -2.10. The van der Waals surface area contributed by atoms with E-state index >= 15 is 0 Å². The van der Waals surface area contributed by atoms with Gasteiger partial charge in [-0.1, -0.05) is 24.3 Å². The number of primary amides is 1. The number of amides is 1. The van der Waals surface area contributed by atoms with Gasteiger partial charge in [0.25, 0.3) is 0 Å². The molecule has 3 aromatic carbocycles. The minimum Gasteiger partial charge on any atom is -0.507 e. The molecule has 1 amide bonds. The number of carbonyl (C=O) groups is 1. The van der Waals surface area contributed by atoms with Gasteiger partial charge in [0, 0.05) is 41.0 Å². The molecule has 0 radical (unpaired) electrons. The summed E-state index contributed by atoms with van der Waals surface area (Å²) >= 11 is 0. The zero-order valence-electron chi connectivity index (χ0n) is 17.4. The van der Waals surface area contributed by atoms with Crippen LogP contribution in [-0.4, -0.2) is 28.9 Å². The number of nitrogens with zero attached hydrogens (tertiary/aromatic N) is 2. The minimum absolute atomic E-state index is 0.0475. The Morgan fingerprint density at radius 2 is 1.94 bits per heavy atom. The molecule has 0 aliphatic rings. The maximum atomic E-state index is 10.6. The molecule has 4 N–H and O–H groups in total. The third-order valence-electron chi connectivity index (χ3n) is 4.92. The highest BCUT2D eigenvalue weighted by Gasteiger charge is 2.06. The van der Waals surface area contributed by atoms with E-state index in [0.29, 0.717) is 0 Å². The third kappa shape index (κ3) is 4.94. The predicted octanol–water partition coefficient (Wildman–Crippen LogP) is 4.06. The van der Waals surface area contributed by atoms with E-state index in [1.807, 2.05) is 24.3 Å². The molecular weight excluding hydrogens is 404 g/mol. The number of methoxy groups -OCH3 is 1. The van der Waals surface area contributed by atoms with Gasteiger partial charge in [0.15, 0.2) is 0 Å². The van der Waals surface area contributed by atoms with Crippen molar-refractivity contribution in [2.45, 2.75) is 6.54 Å². The molecule has 7 heteroatoms. The molecule has 0 atom stereocenters. The lowest BCUT2D eigenvalue weighted by atomic mass is 10.1. The minimum atomic E-state index is -0.619. The summed E-state index contributed by atoms with van der Waals surface area (Å²) in [7, 11) is 1.67. The summed E-state index contributed by atoms with van der Waals surface area (Å²) in [5.74, 6) is 0.103. The highest BCUT2D eigenvalue weighted by molar-refractivity contribution is 5.98. The second-order valence-corrected chi connectivity index (χ2v) is 6.92. The van der Waals surface area contributed by atoms with Crippen LogP contribution in [0.2, 0.25) is 0 Å². The number of ether oxygens (including phenoxy) is 1. The van der Waals surface area contributed by atoms with E-state index in [2.05, 4.69) is 35.0 Å². The molecule has 0 aliphatic heterocycles. The van der Waals surface area contributed by atoms with E-state index in [-0.39, 0.29) is 16.9 Å². The number of carbonyl (C=O) groups excluding carboxylic acids is 1. The van der Waals surface area contributed by atoms with E-state index in [1.165, 1.54) is 30.0 Å². The van der Waals surface area contributed by atoms with E-state index in [4.69, 9.17) is 26.2 Å². The molecule has 0 saturated heterocycles. The molecule has 0 saturated carbocycles. The number of nitriles is 1. The molecule has 160 valence electrons. The van der Waals surface area contributed by atoms with Gasteiger partial charge in [0.2, 0.25) is 5.91 Å². The van der Waals surface area contributed by atoms with Crippen molar-refractivity contribution < 1.29 is 14.6 Å². The van der Waals surface area contributed by atoms with Crippen LogP contribution in [0.15, 0.2) is 72.9 Å². The van der Waals surface area contributed by atoms with Crippen LogP contribution in [-0.2, 0) is 6.54 Å². The maximum absolute atomic E-state index is 10.6. The molecule has 0 aliphatic carbocycles. The van der Waals surface area contributed by atoms with Crippen molar-refractivity contribution in [3.63, 3.8) is 0 Å². The summed E-state index contributed by atoms with van der Waals surface area (Å²) in [6.45, 7) is 0.814. The molecule has 4 rings (SSSR count). The van der Waals surface area contributed by atoms with Gasteiger partial charge in [-0.2, -0.15) is 5.26 Å². The van der Waals surface area contributed by atoms with E-state index in [0.717, 1.165) is 28.8 Å². The number of hydrogen-bond donors (Lipinski definition) is 3. The van der Waals surface area contributed by atoms with Crippen LogP contribution in [0.1, 0.15) is 27.0 Å². The van der Waals surface area contributed by atoms with Crippen LogP contribution in [0.3, 0.4) is 0 Å². The second kappa shape index (κ2) is 9.96. The number of benzene rings is 3. The first-order valence-electron chi connectivity index (χ1n) is 9.71. The number of nitrogens with two attached hydrogens (primary N) is 1. The standard InChI is InChI=1S/C17H16N2O.C8H6N2O2/c1-20-15-7-5-13(6-8-15)12-19-10-9-16-14(11-18)3-2-4-17(16)19;9-4-6-3-5(8(10)12)1-2-7(6)11/h2-11,18H,12H2,1H3;1-3,11H,(H2,10,12). The first kappa shape index (κ1) is 22.1. The highest BCUT2D eigenvalue weighted by Crippen LogP contribution is 2.21. The first-order chi connectivity index (χ1) is 15.5. The number of phenolic OH excluding ortho intramolecular Hbond substituents is 1. The summed E-state index contributed by atoms with van der Waals surface area (Å²) in [6.07, 6.45) is 3.47. The van der Waals surface area contributed by atoms with Crippen LogP contribution >= 0.6 is 0 Å². The van der Waals surface area contributed by atoms with Crippen molar-refractivity contribution >= 4 is 23.0 Å². The van der Waals surface area contributed by atoms with Gasteiger partial charge in [-0.25, -0.2) is 0 Å². The Balaban J connectivity index is 0.000000207. The van der Waals surface area contributed by atoms with Crippen molar-refractivity contribution in [2.75, 3.05) is 7.11 Å². The monoisotopic (exact) mass is 426 g/mol. The predicted molar refractivity (Wildman–Crippen MR) is 123 cm³/mol. The molecular formula is C25H22N4O3. The van der Waals surface area contributed by atoms with E-state index < -0.39 is 5.91 Å². The largest absolute Gasteiger partial charge is 0.507 e. The van der Waals surface area contributed by atoms with Crippen LogP contribution in [0, 0.1) is 16.7 Å². The Bertz CT molecular complexity index is 1300. The van der Waals surface area contributed by atoms with Gasteiger partial charge in [0.1, 0.15) is 17.6 Å². The van der Waals surface area contributed by atoms with Crippen LogP contribution in [0.25, 0.3) is 10.9 Å².